The first-order chi connectivity index (χ1) is 11.3. The van der Waals surface area contributed by atoms with Crippen LogP contribution in [0.5, 0.6) is 0 Å². The van der Waals surface area contributed by atoms with Gasteiger partial charge in [0.2, 0.25) is 5.91 Å². The topological polar surface area (TPSA) is 54.0 Å². The lowest BCUT2D eigenvalue weighted by Crippen LogP contribution is -2.24. The Morgan fingerprint density at radius 1 is 1.22 bits per heavy atom. The van der Waals surface area contributed by atoms with Crippen LogP contribution in [-0.4, -0.2) is 17.4 Å². The average Bonchev–Trinajstić information content (AvgIpc) is 3.05. The molecular formula is C18H23N3OS. The summed E-state index contributed by atoms with van der Waals surface area (Å²) in [6.45, 7) is 2.93. The lowest BCUT2D eigenvalue weighted by atomic mass is 9.88. The molecule has 1 fully saturated rings. The van der Waals surface area contributed by atoms with Gasteiger partial charge in [0, 0.05) is 29.1 Å². The minimum absolute atomic E-state index is 0.167. The van der Waals surface area contributed by atoms with E-state index < -0.39 is 0 Å². The monoisotopic (exact) mass is 329 g/mol. The lowest BCUT2D eigenvalue weighted by molar-refractivity contribution is -0.120. The molecule has 1 aromatic heterocycles. The van der Waals surface area contributed by atoms with E-state index in [-0.39, 0.29) is 11.8 Å². The van der Waals surface area contributed by atoms with Gasteiger partial charge in [-0.15, -0.1) is 11.3 Å². The third-order valence-electron chi connectivity index (χ3n) is 4.26. The smallest absolute Gasteiger partial charge is 0.227 e. The number of aromatic nitrogens is 1. The second-order valence-electron chi connectivity index (χ2n) is 5.97. The van der Waals surface area contributed by atoms with Crippen LogP contribution in [-0.2, 0) is 4.79 Å². The zero-order chi connectivity index (χ0) is 16.1. The Kier molecular flexibility index (Phi) is 5.28. The Morgan fingerprint density at radius 3 is 2.65 bits per heavy atom. The number of rotatable bonds is 5. The highest BCUT2D eigenvalue weighted by Crippen LogP contribution is 2.27. The highest BCUT2D eigenvalue weighted by molar-refractivity contribution is 7.14. The van der Waals surface area contributed by atoms with Gasteiger partial charge >= 0.3 is 0 Å². The molecule has 23 heavy (non-hydrogen) atoms. The van der Waals surface area contributed by atoms with Crippen LogP contribution in [0.25, 0.3) is 11.3 Å². The summed E-state index contributed by atoms with van der Waals surface area (Å²) in [5.74, 6) is 0.352. The van der Waals surface area contributed by atoms with Gasteiger partial charge in [0.15, 0.2) is 5.13 Å². The zero-order valence-corrected chi connectivity index (χ0v) is 14.3. The fraction of sp³-hybridized carbons (Fsp3) is 0.444. The van der Waals surface area contributed by atoms with Crippen molar-refractivity contribution >= 4 is 28.1 Å². The summed E-state index contributed by atoms with van der Waals surface area (Å²) in [6.07, 6.45) is 5.66. The molecule has 1 aliphatic rings. The summed E-state index contributed by atoms with van der Waals surface area (Å²) in [7, 11) is 0. The summed E-state index contributed by atoms with van der Waals surface area (Å²) in [6, 6.07) is 7.95. The van der Waals surface area contributed by atoms with Crippen molar-refractivity contribution in [2.24, 2.45) is 5.92 Å². The van der Waals surface area contributed by atoms with Crippen LogP contribution in [0, 0.1) is 5.92 Å². The molecule has 0 spiro atoms. The van der Waals surface area contributed by atoms with Crippen LogP contribution in [0.1, 0.15) is 39.0 Å². The molecule has 1 amide bonds. The van der Waals surface area contributed by atoms with Gasteiger partial charge in [0.05, 0.1) is 5.69 Å². The van der Waals surface area contributed by atoms with Crippen molar-refractivity contribution in [1.82, 2.24) is 4.98 Å². The number of hydrogen-bond acceptors (Lipinski definition) is 4. The van der Waals surface area contributed by atoms with Gasteiger partial charge in [0.1, 0.15) is 0 Å². The van der Waals surface area contributed by atoms with Crippen molar-refractivity contribution in [1.29, 1.82) is 0 Å². The maximum atomic E-state index is 12.3. The summed E-state index contributed by atoms with van der Waals surface area (Å²) >= 11 is 1.61. The zero-order valence-electron chi connectivity index (χ0n) is 13.5. The van der Waals surface area contributed by atoms with E-state index in [1.165, 1.54) is 19.3 Å². The van der Waals surface area contributed by atoms with Crippen LogP contribution in [0.4, 0.5) is 10.8 Å². The highest BCUT2D eigenvalue weighted by atomic mass is 32.1. The van der Waals surface area contributed by atoms with Gasteiger partial charge in [0.25, 0.3) is 0 Å². The fourth-order valence-electron chi connectivity index (χ4n) is 2.97. The molecule has 0 unspecified atom stereocenters. The predicted octanol–water partition coefficient (Wildman–Crippen LogP) is 4.76. The maximum Gasteiger partial charge on any atom is 0.227 e. The molecule has 1 aliphatic carbocycles. The number of hydrogen-bond donors (Lipinski definition) is 2. The SMILES string of the molecule is CCNc1nc(-c2ccc(NC(=O)C3CCCCC3)cc2)cs1. The summed E-state index contributed by atoms with van der Waals surface area (Å²) in [4.78, 5) is 16.8. The number of benzene rings is 1. The van der Waals surface area contributed by atoms with Crippen LogP contribution in [0.3, 0.4) is 0 Å². The molecule has 122 valence electrons. The first-order valence-corrected chi connectivity index (χ1v) is 9.25. The number of carbonyl (C=O) groups is 1. The second-order valence-corrected chi connectivity index (χ2v) is 6.83. The Hall–Kier alpha value is -1.88. The standard InChI is InChI=1S/C18H23N3OS/c1-2-19-18-21-16(12-23-18)13-8-10-15(11-9-13)20-17(22)14-6-4-3-5-7-14/h8-12,14H,2-7H2,1H3,(H,19,21)(H,20,22). The summed E-state index contributed by atoms with van der Waals surface area (Å²) in [5.41, 5.74) is 2.91. The molecule has 3 rings (SSSR count). The molecule has 4 nitrogen and oxygen atoms in total. The van der Waals surface area contributed by atoms with E-state index in [1.54, 1.807) is 11.3 Å². The third-order valence-corrected chi connectivity index (χ3v) is 5.06. The van der Waals surface area contributed by atoms with E-state index >= 15 is 0 Å². The van der Waals surface area contributed by atoms with E-state index in [2.05, 4.69) is 22.5 Å². The molecular weight excluding hydrogens is 306 g/mol. The van der Waals surface area contributed by atoms with Crippen LogP contribution in [0.15, 0.2) is 29.6 Å². The molecule has 0 bridgehead atoms. The molecule has 2 aromatic rings. The maximum absolute atomic E-state index is 12.3. The lowest BCUT2D eigenvalue weighted by Gasteiger charge is -2.20. The molecule has 0 atom stereocenters. The summed E-state index contributed by atoms with van der Waals surface area (Å²) in [5, 5.41) is 9.26. The number of nitrogens with zero attached hydrogens (tertiary/aromatic N) is 1. The molecule has 0 radical (unpaired) electrons. The molecule has 5 heteroatoms. The average molecular weight is 329 g/mol. The van der Waals surface area contributed by atoms with Gasteiger partial charge in [-0.1, -0.05) is 31.4 Å². The van der Waals surface area contributed by atoms with Gasteiger partial charge in [-0.25, -0.2) is 4.98 Å². The van der Waals surface area contributed by atoms with E-state index in [4.69, 9.17) is 0 Å². The van der Waals surface area contributed by atoms with E-state index in [1.807, 2.05) is 29.6 Å². The minimum atomic E-state index is 0.167. The number of thiazole rings is 1. The van der Waals surface area contributed by atoms with Crippen LogP contribution >= 0.6 is 11.3 Å². The normalized spacial score (nSPS) is 15.3. The highest BCUT2D eigenvalue weighted by Gasteiger charge is 2.20. The molecule has 1 heterocycles. The molecule has 0 aliphatic heterocycles. The quantitative estimate of drug-likeness (QED) is 0.831. The number of amides is 1. The van der Waals surface area contributed by atoms with Crippen molar-refractivity contribution in [2.45, 2.75) is 39.0 Å². The van der Waals surface area contributed by atoms with Gasteiger partial charge in [-0.05, 0) is 31.9 Å². The Bertz CT molecular complexity index is 645. The minimum Gasteiger partial charge on any atom is -0.362 e. The Labute approximate surface area is 141 Å². The van der Waals surface area contributed by atoms with Gasteiger partial charge < -0.3 is 10.6 Å². The molecule has 2 N–H and O–H groups in total. The third kappa shape index (κ3) is 4.10. The fourth-order valence-corrected chi connectivity index (χ4v) is 3.76. The molecule has 1 saturated carbocycles. The van der Waals surface area contributed by atoms with Crippen molar-refractivity contribution < 1.29 is 4.79 Å². The largest absolute Gasteiger partial charge is 0.362 e. The Morgan fingerprint density at radius 2 is 1.96 bits per heavy atom. The number of anilines is 2. The number of nitrogens with one attached hydrogen (secondary N) is 2. The van der Waals surface area contributed by atoms with Crippen molar-refractivity contribution in [2.75, 3.05) is 17.2 Å². The van der Waals surface area contributed by atoms with Crippen molar-refractivity contribution in [3.05, 3.63) is 29.6 Å². The van der Waals surface area contributed by atoms with Crippen molar-refractivity contribution in [3.63, 3.8) is 0 Å². The second kappa shape index (κ2) is 7.59. The first kappa shape index (κ1) is 16.0. The molecule has 1 aromatic carbocycles. The van der Waals surface area contributed by atoms with E-state index in [0.29, 0.717) is 0 Å². The molecule has 0 saturated heterocycles. The van der Waals surface area contributed by atoms with Crippen LogP contribution < -0.4 is 10.6 Å². The predicted molar refractivity (Wildman–Crippen MR) is 96.9 cm³/mol. The van der Waals surface area contributed by atoms with Gasteiger partial charge in [-0.3, -0.25) is 4.79 Å². The van der Waals surface area contributed by atoms with Crippen molar-refractivity contribution in [3.8, 4) is 11.3 Å². The van der Waals surface area contributed by atoms with E-state index in [0.717, 1.165) is 41.5 Å². The first-order valence-electron chi connectivity index (χ1n) is 8.37. The number of carbonyl (C=O) groups excluding carboxylic acids is 1. The van der Waals surface area contributed by atoms with Gasteiger partial charge in [-0.2, -0.15) is 0 Å². The Balaban J connectivity index is 1.63. The van der Waals surface area contributed by atoms with Crippen LogP contribution in [0.2, 0.25) is 0 Å². The summed E-state index contributed by atoms with van der Waals surface area (Å²) < 4.78 is 0. The van der Waals surface area contributed by atoms with E-state index in [9.17, 15) is 4.79 Å².